The van der Waals surface area contributed by atoms with Gasteiger partial charge in [-0.15, -0.1) is 0 Å². The lowest BCUT2D eigenvalue weighted by atomic mass is 9.93. The molecule has 0 aromatic heterocycles. The first-order chi connectivity index (χ1) is 18.6. The van der Waals surface area contributed by atoms with Gasteiger partial charge in [-0.25, -0.2) is 13.2 Å². The van der Waals surface area contributed by atoms with Crippen LogP contribution in [-0.4, -0.2) is 91.8 Å². The van der Waals surface area contributed by atoms with Crippen molar-refractivity contribution in [1.82, 2.24) is 9.21 Å². The molecule has 0 bridgehead atoms. The summed E-state index contributed by atoms with van der Waals surface area (Å²) in [6.07, 6.45) is -2.11. The summed E-state index contributed by atoms with van der Waals surface area (Å²) in [5.41, 5.74) is 0.833. The molecular formula is C28H38N2O8S. The number of sulfonamides is 1. The Labute approximate surface area is 230 Å². The van der Waals surface area contributed by atoms with E-state index in [1.807, 2.05) is 44.2 Å². The highest BCUT2D eigenvalue weighted by molar-refractivity contribution is 7.89. The van der Waals surface area contributed by atoms with Crippen molar-refractivity contribution in [1.29, 1.82) is 0 Å². The van der Waals surface area contributed by atoms with E-state index >= 15 is 0 Å². The largest absolute Gasteiger partial charge is 0.497 e. The van der Waals surface area contributed by atoms with Crippen LogP contribution in [0.4, 0.5) is 4.79 Å². The van der Waals surface area contributed by atoms with Crippen molar-refractivity contribution in [2.75, 3.05) is 33.4 Å². The number of nitrogens with zero attached hydrogens (tertiary/aromatic N) is 2. The van der Waals surface area contributed by atoms with Crippen LogP contribution in [0.1, 0.15) is 25.8 Å². The van der Waals surface area contributed by atoms with Gasteiger partial charge < -0.3 is 24.4 Å². The van der Waals surface area contributed by atoms with E-state index in [0.29, 0.717) is 18.8 Å². The van der Waals surface area contributed by atoms with Crippen molar-refractivity contribution in [3.05, 3.63) is 60.2 Å². The average molecular weight is 563 g/mol. The van der Waals surface area contributed by atoms with Crippen molar-refractivity contribution in [2.45, 2.75) is 56.1 Å². The number of carbonyl (C=O) groups is 1. The van der Waals surface area contributed by atoms with Crippen molar-refractivity contribution in [3.63, 3.8) is 0 Å². The third kappa shape index (κ3) is 6.72. The molecule has 2 heterocycles. The molecule has 0 unspecified atom stereocenters. The van der Waals surface area contributed by atoms with Gasteiger partial charge in [0.05, 0.1) is 43.4 Å². The second kappa shape index (κ2) is 12.6. The number of amides is 1. The summed E-state index contributed by atoms with van der Waals surface area (Å²) < 4.78 is 45.2. The van der Waals surface area contributed by atoms with E-state index < -0.39 is 40.6 Å². The molecule has 2 N–H and O–H groups in total. The van der Waals surface area contributed by atoms with Crippen LogP contribution in [0.2, 0.25) is 0 Å². The molecule has 0 spiro atoms. The predicted octanol–water partition coefficient (Wildman–Crippen LogP) is 3.06. The van der Waals surface area contributed by atoms with Gasteiger partial charge in [-0.3, -0.25) is 4.90 Å². The molecule has 2 saturated heterocycles. The van der Waals surface area contributed by atoms with Crippen LogP contribution in [0.25, 0.3) is 0 Å². The molecule has 10 nitrogen and oxygen atoms in total. The molecule has 39 heavy (non-hydrogen) atoms. The van der Waals surface area contributed by atoms with Gasteiger partial charge in [0.2, 0.25) is 10.0 Å². The van der Waals surface area contributed by atoms with Gasteiger partial charge in [-0.05, 0) is 48.6 Å². The SMILES string of the molecule is COc1ccc(S(=O)(=O)N(CC(C)C)C[C@@H](O)[C@H](Cc2ccccc2)N(C(=O)O)[C@@H]2CO[C@H]3OCC[C@H]32)cc1. The highest BCUT2D eigenvalue weighted by Crippen LogP contribution is 2.36. The van der Waals surface area contributed by atoms with Crippen LogP contribution in [-0.2, 0) is 25.9 Å². The van der Waals surface area contributed by atoms with Gasteiger partial charge in [0.1, 0.15) is 5.75 Å². The molecule has 2 fully saturated rings. The molecule has 5 atom stereocenters. The first-order valence-corrected chi connectivity index (χ1v) is 14.7. The quantitative estimate of drug-likeness (QED) is 0.404. The average Bonchev–Trinajstić information content (AvgIpc) is 3.53. The molecule has 0 radical (unpaired) electrons. The van der Waals surface area contributed by atoms with E-state index in [0.717, 1.165) is 5.56 Å². The van der Waals surface area contributed by atoms with Gasteiger partial charge in [0.25, 0.3) is 0 Å². The van der Waals surface area contributed by atoms with E-state index in [-0.39, 0.29) is 42.8 Å². The third-order valence-corrected chi connectivity index (χ3v) is 9.18. The van der Waals surface area contributed by atoms with Crippen LogP contribution in [0.5, 0.6) is 5.75 Å². The van der Waals surface area contributed by atoms with Gasteiger partial charge >= 0.3 is 6.09 Å². The molecule has 11 heteroatoms. The number of ether oxygens (including phenoxy) is 3. The van der Waals surface area contributed by atoms with Crippen LogP contribution < -0.4 is 4.74 Å². The van der Waals surface area contributed by atoms with E-state index in [2.05, 4.69) is 0 Å². The smallest absolute Gasteiger partial charge is 0.407 e. The van der Waals surface area contributed by atoms with Gasteiger partial charge in [0, 0.05) is 19.0 Å². The van der Waals surface area contributed by atoms with Crippen LogP contribution in [0.15, 0.2) is 59.5 Å². The second-order valence-corrected chi connectivity index (χ2v) is 12.4. The topological polar surface area (TPSA) is 126 Å². The fourth-order valence-corrected chi connectivity index (χ4v) is 7.06. The van der Waals surface area contributed by atoms with Gasteiger partial charge in [-0.2, -0.15) is 4.31 Å². The number of hydrogen-bond donors (Lipinski definition) is 2. The Hall–Kier alpha value is -2.70. The molecular weight excluding hydrogens is 524 g/mol. The number of rotatable bonds is 12. The minimum atomic E-state index is -3.99. The number of carboxylic acid groups (broad SMARTS) is 1. The molecule has 2 aromatic rings. The predicted molar refractivity (Wildman–Crippen MR) is 144 cm³/mol. The Balaban J connectivity index is 1.66. The highest BCUT2D eigenvalue weighted by Gasteiger charge is 2.49. The van der Waals surface area contributed by atoms with Crippen molar-refractivity contribution < 1.29 is 37.6 Å². The lowest BCUT2D eigenvalue weighted by Crippen LogP contribution is -2.57. The monoisotopic (exact) mass is 562 g/mol. The number of benzene rings is 2. The lowest BCUT2D eigenvalue weighted by molar-refractivity contribution is -0.0906. The molecule has 2 aromatic carbocycles. The van der Waals surface area contributed by atoms with Crippen molar-refractivity contribution in [3.8, 4) is 5.75 Å². The Kier molecular flexibility index (Phi) is 9.50. The minimum Gasteiger partial charge on any atom is -0.497 e. The Morgan fingerprint density at radius 2 is 1.77 bits per heavy atom. The standard InChI is InChI=1S/C28H38N2O8S/c1-19(2)16-29(39(34,35)22-11-9-21(36-3)10-12-22)17-26(31)24(15-20-7-5-4-6-8-20)30(28(32)33)25-18-38-27-23(25)13-14-37-27/h4-12,19,23-27,31H,13-18H2,1-3H3,(H,32,33)/t23-,24-,25+,26+,27+/m0/s1. The van der Waals surface area contributed by atoms with Crippen LogP contribution in [0, 0.1) is 11.8 Å². The van der Waals surface area contributed by atoms with E-state index in [4.69, 9.17) is 14.2 Å². The zero-order chi connectivity index (χ0) is 28.2. The lowest BCUT2D eigenvalue weighted by Gasteiger charge is -2.39. The van der Waals surface area contributed by atoms with E-state index in [1.54, 1.807) is 12.1 Å². The van der Waals surface area contributed by atoms with Crippen molar-refractivity contribution >= 4 is 16.1 Å². The molecule has 2 aliphatic heterocycles. The second-order valence-electron chi connectivity index (χ2n) is 10.5. The third-order valence-electron chi connectivity index (χ3n) is 7.33. The molecule has 0 saturated carbocycles. The molecule has 4 rings (SSSR count). The summed E-state index contributed by atoms with van der Waals surface area (Å²) >= 11 is 0. The minimum absolute atomic E-state index is 0.0343. The summed E-state index contributed by atoms with van der Waals surface area (Å²) in [5, 5.41) is 22.1. The zero-order valence-electron chi connectivity index (χ0n) is 22.5. The summed E-state index contributed by atoms with van der Waals surface area (Å²) in [5.74, 6) is 0.340. The maximum Gasteiger partial charge on any atom is 0.407 e. The number of aliphatic hydroxyl groups excluding tert-OH is 1. The number of hydrogen-bond acceptors (Lipinski definition) is 7. The molecule has 2 aliphatic rings. The Morgan fingerprint density at radius 3 is 2.38 bits per heavy atom. The number of fused-ring (bicyclic) bond motifs is 1. The number of methoxy groups -OCH3 is 1. The normalized spacial score (nSPS) is 22.6. The zero-order valence-corrected chi connectivity index (χ0v) is 23.4. The number of aliphatic hydroxyl groups is 1. The van der Waals surface area contributed by atoms with Gasteiger partial charge in [0.15, 0.2) is 6.29 Å². The van der Waals surface area contributed by atoms with E-state index in [9.17, 15) is 23.4 Å². The Bertz CT molecular complexity index is 1190. The Morgan fingerprint density at radius 1 is 1.08 bits per heavy atom. The first kappa shape index (κ1) is 29.3. The van der Waals surface area contributed by atoms with Crippen LogP contribution in [0.3, 0.4) is 0 Å². The van der Waals surface area contributed by atoms with Crippen molar-refractivity contribution in [2.24, 2.45) is 11.8 Å². The van der Waals surface area contributed by atoms with E-state index in [1.165, 1.54) is 28.4 Å². The highest BCUT2D eigenvalue weighted by atomic mass is 32.2. The fraction of sp³-hybridized carbons (Fsp3) is 0.536. The summed E-state index contributed by atoms with van der Waals surface area (Å²) in [6, 6.07) is 13.9. The molecule has 214 valence electrons. The van der Waals surface area contributed by atoms with Crippen LogP contribution >= 0.6 is 0 Å². The molecule has 1 amide bonds. The maximum absolute atomic E-state index is 13.7. The summed E-state index contributed by atoms with van der Waals surface area (Å²) in [4.78, 5) is 14.1. The van der Waals surface area contributed by atoms with Gasteiger partial charge in [-0.1, -0.05) is 44.2 Å². The summed E-state index contributed by atoms with van der Waals surface area (Å²) in [6.45, 7) is 4.30. The maximum atomic E-state index is 13.7. The summed E-state index contributed by atoms with van der Waals surface area (Å²) in [7, 11) is -2.49. The fourth-order valence-electron chi connectivity index (χ4n) is 5.44. The first-order valence-electron chi connectivity index (χ1n) is 13.2. The molecule has 0 aliphatic carbocycles.